The first-order chi connectivity index (χ1) is 8.84. The van der Waals surface area contributed by atoms with E-state index < -0.39 is 0 Å². The summed E-state index contributed by atoms with van der Waals surface area (Å²) in [6.45, 7) is 0. The summed E-state index contributed by atoms with van der Waals surface area (Å²) >= 11 is 0. The Morgan fingerprint density at radius 1 is 0.889 bits per heavy atom. The summed E-state index contributed by atoms with van der Waals surface area (Å²) in [5.74, 6) is 0. The molecule has 0 radical (unpaired) electrons. The third-order valence-electron chi connectivity index (χ3n) is 3.63. The molecule has 0 atom stereocenters. The average Bonchev–Trinajstić information content (AvgIpc) is 3.21. The molecule has 0 spiro atoms. The van der Waals surface area contributed by atoms with Crippen molar-refractivity contribution in [1.82, 2.24) is 5.32 Å². The summed E-state index contributed by atoms with van der Waals surface area (Å²) in [5, 5.41) is 2.93. The van der Waals surface area contributed by atoms with Gasteiger partial charge in [-0.15, -0.1) is 0 Å². The molecule has 1 aliphatic rings. The fourth-order valence-corrected chi connectivity index (χ4v) is 2.37. The quantitative estimate of drug-likeness (QED) is 0.813. The number of rotatable bonds is 4. The Bertz CT molecular complexity index is 541. The lowest BCUT2D eigenvalue weighted by molar-refractivity contribution is -0.110. The van der Waals surface area contributed by atoms with Crippen molar-refractivity contribution < 1.29 is 4.79 Å². The molecular formula is C16H15NO. The van der Waals surface area contributed by atoms with Crippen molar-refractivity contribution in [1.29, 1.82) is 0 Å². The normalized spacial score (nSPS) is 16.0. The second-order valence-corrected chi connectivity index (χ2v) is 4.79. The van der Waals surface area contributed by atoms with Gasteiger partial charge in [0, 0.05) is 0 Å². The number of hydrogen-bond donors (Lipinski definition) is 1. The van der Waals surface area contributed by atoms with E-state index in [0.29, 0.717) is 0 Å². The number of nitrogens with one attached hydrogen (secondary N) is 1. The van der Waals surface area contributed by atoms with Crippen LogP contribution in [0.3, 0.4) is 0 Å². The molecule has 90 valence electrons. The third kappa shape index (κ3) is 1.90. The summed E-state index contributed by atoms with van der Waals surface area (Å²) in [6.07, 6.45) is 2.88. The molecule has 2 aromatic rings. The standard InChI is InChI=1S/C16H15NO/c18-12-17-16(10-11-16)15-8-6-14(7-9-15)13-4-2-1-3-5-13/h1-9,12H,10-11H2,(H,17,18). The zero-order chi connectivity index (χ0) is 12.4. The SMILES string of the molecule is O=CNC1(c2ccc(-c3ccccc3)cc2)CC1. The molecule has 0 aromatic heterocycles. The zero-order valence-electron chi connectivity index (χ0n) is 10.1. The molecule has 1 amide bonds. The smallest absolute Gasteiger partial charge is 0.207 e. The molecule has 0 unspecified atom stereocenters. The molecule has 3 rings (SSSR count). The van der Waals surface area contributed by atoms with E-state index in [1.165, 1.54) is 16.7 Å². The first-order valence-corrected chi connectivity index (χ1v) is 6.21. The van der Waals surface area contributed by atoms with Gasteiger partial charge in [-0.25, -0.2) is 0 Å². The van der Waals surface area contributed by atoms with E-state index in [1.807, 2.05) is 18.2 Å². The van der Waals surface area contributed by atoms with Crippen LogP contribution in [0.15, 0.2) is 54.6 Å². The number of benzene rings is 2. The number of hydrogen-bond acceptors (Lipinski definition) is 1. The van der Waals surface area contributed by atoms with Gasteiger partial charge in [-0.3, -0.25) is 4.79 Å². The Morgan fingerprint density at radius 2 is 1.50 bits per heavy atom. The summed E-state index contributed by atoms with van der Waals surface area (Å²) in [6, 6.07) is 18.8. The molecule has 1 N–H and O–H groups in total. The molecule has 2 nitrogen and oxygen atoms in total. The van der Waals surface area contributed by atoms with Crippen LogP contribution in [-0.2, 0) is 10.3 Å². The lowest BCUT2D eigenvalue weighted by Crippen LogP contribution is -2.27. The van der Waals surface area contributed by atoms with Crippen molar-refractivity contribution >= 4 is 6.41 Å². The highest BCUT2D eigenvalue weighted by Gasteiger charge is 2.43. The highest BCUT2D eigenvalue weighted by Crippen LogP contribution is 2.45. The lowest BCUT2D eigenvalue weighted by Gasteiger charge is -2.15. The maximum Gasteiger partial charge on any atom is 0.207 e. The van der Waals surface area contributed by atoms with E-state index in [4.69, 9.17) is 0 Å². The van der Waals surface area contributed by atoms with Crippen molar-refractivity contribution in [2.24, 2.45) is 0 Å². The second kappa shape index (κ2) is 4.30. The number of carbonyl (C=O) groups excluding carboxylic acids is 1. The van der Waals surface area contributed by atoms with Crippen molar-refractivity contribution in [2.45, 2.75) is 18.4 Å². The van der Waals surface area contributed by atoms with Crippen molar-refractivity contribution in [3.05, 3.63) is 60.2 Å². The molecule has 1 fully saturated rings. The largest absolute Gasteiger partial charge is 0.349 e. The lowest BCUT2D eigenvalue weighted by atomic mass is 10.00. The Kier molecular flexibility index (Phi) is 2.63. The molecule has 0 heterocycles. The van der Waals surface area contributed by atoms with Gasteiger partial charge < -0.3 is 5.32 Å². The molecule has 0 aliphatic heterocycles. The predicted molar refractivity (Wildman–Crippen MR) is 72.0 cm³/mol. The molecule has 18 heavy (non-hydrogen) atoms. The van der Waals surface area contributed by atoms with E-state index in [1.54, 1.807) is 0 Å². The van der Waals surface area contributed by atoms with Gasteiger partial charge in [0.15, 0.2) is 0 Å². The molecular weight excluding hydrogens is 222 g/mol. The fraction of sp³-hybridized carbons (Fsp3) is 0.188. The van der Waals surface area contributed by atoms with E-state index in [9.17, 15) is 4.79 Å². The number of amides is 1. The van der Waals surface area contributed by atoms with Crippen LogP contribution in [0.1, 0.15) is 18.4 Å². The summed E-state index contributed by atoms with van der Waals surface area (Å²) < 4.78 is 0. The highest BCUT2D eigenvalue weighted by molar-refractivity contribution is 5.64. The average molecular weight is 237 g/mol. The van der Waals surface area contributed by atoms with Gasteiger partial charge in [-0.05, 0) is 29.5 Å². The van der Waals surface area contributed by atoms with Crippen LogP contribution in [0.5, 0.6) is 0 Å². The Hall–Kier alpha value is -2.09. The van der Waals surface area contributed by atoms with Gasteiger partial charge in [-0.2, -0.15) is 0 Å². The third-order valence-corrected chi connectivity index (χ3v) is 3.63. The molecule has 2 aromatic carbocycles. The summed E-state index contributed by atoms with van der Waals surface area (Å²) in [7, 11) is 0. The van der Waals surface area contributed by atoms with Crippen LogP contribution in [0.2, 0.25) is 0 Å². The minimum absolute atomic E-state index is 0.0863. The maximum atomic E-state index is 10.6. The zero-order valence-corrected chi connectivity index (χ0v) is 10.1. The first-order valence-electron chi connectivity index (χ1n) is 6.21. The van der Waals surface area contributed by atoms with E-state index in [-0.39, 0.29) is 5.54 Å². The van der Waals surface area contributed by atoms with Gasteiger partial charge in [0.25, 0.3) is 0 Å². The van der Waals surface area contributed by atoms with Crippen molar-refractivity contribution in [3.8, 4) is 11.1 Å². The Labute approximate surface area is 107 Å². The predicted octanol–water partition coefficient (Wildman–Crippen LogP) is 3.09. The molecule has 0 bridgehead atoms. The van der Waals surface area contributed by atoms with Gasteiger partial charge in [0.2, 0.25) is 6.41 Å². The van der Waals surface area contributed by atoms with Crippen LogP contribution < -0.4 is 5.32 Å². The van der Waals surface area contributed by atoms with Crippen LogP contribution in [0.25, 0.3) is 11.1 Å². The molecule has 2 heteroatoms. The Morgan fingerprint density at radius 3 is 2.06 bits per heavy atom. The van der Waals surface area contributed by atoms with Gasteiger partial charge in [-0.1, -0.05) is 54.6 Å². The van der Waals surface area contributed by atoms with Gasteiger partial charge in [0.1, 0.15) is 0 Å². The topological polar surface area (TPSA) is 29.1 Å². The van der Waals surface area contributed by atoms with Crippen LogP contribution in [0, 0.1) is 0 Å². The van der Waals surface area contributed by atoms with Crippen LogP contribution in [0.4, 0.5) is 0 Å². The van der Waals surface area contributed by atoms with Crippen LogP contribution in [-0.4, -0.2) is 6.41 Å². The van der Waals surface area contributed by atoms with E-state index >= 15 is 0 Å². The minimum atomic E-state index is -0.0863. The van der Waals surface area contributed by atoms with Crippen molar-refractivity contribution in [2.75, 3.05) is 0 Å². The van der Waals surface area contributed by atoms with Gasteiger partial charge >= 0.3 is 0 Å². The second-order valence-electron chi connectivity index (χ2n) is 4.79. The van der Waals surface area contributed by atoms with Gasteiger partial charge in [0.05, 0.1) is 5.54 Å². The van der Waals surface area contributed by atoms with E-state index in [0.717, 1.165) is 19.3 Å². The number of carbonyl (C=O) groups is 1. The molecule has 0 saturated heterocycles. The molecule has 1 aliphatic carbocycles. The first kappa shape index (κ1) is 11.0. The highest BCUT2D eigenvalue weighted by atomic mass is 16.1. The molecule has 1 saturated carbocycles. The monoisotopic (exact) mass is 237 g/mol. The minimum Gasteiger partial charge on any atom is -0.349 e. The van der Waals surface area contributed by atoms with Crippen molar-refractivity contribution in [3.63, 3.8) is 0 Å². The summed E-state index contributed by atoms with van der Waals surface area (Å²) in [5.41, 5.74) is 3.55. The Balaban J connectivity index is 1.88. The van der Waals surface area contributed by atoms with E-state index in [2.05, 4.69) is 41.7 Å². The van der Waals surface area contributed by atoms with Crippen LogP contribution >= 0.6 is 0 Å². The summed E-state index contributed by atoms with van der Waals surface area (Å²) in [4.78, 5) is 10.6. The maximum absolute atomic E-state index is 10.6. The fourth-order valence-electron chi connectivity index (χ4n) is 2.37.